The van der Waals surface area contributed by atoms with Gasteiger partial charge < -0.3 is 15.0 Å². The average Bonchev–Trinajstić information content (AvgIpc) is 2.90. The van der Waals surface area contributed by atoms with Crippen LogP contribution in [0.1, 0.15) is 66.7 Å². The van der Waals surface area contributed by atoms with E-state index < -0.39 is 5.60 Å². The standard InChI is InChI=1S/C17H34N2O2/c1-6-19(16(20)21-17(3,4)5)13-9-12-18-14(2)15-10-7-8-11-15/h14-15,18H,6-13H2,1-5H3. The van der Waals surface area contributed by atoms with Crippen molar-refractivity contribution < 1.29 is 9.53 Å². The van der Waals surface area contributed by atoms with E-state index in [0.29, 0.717) is 12.6 Å². The van der Waals surface area contributed by atoms with Gasteiger partial charge in [0.15, 0.2) is 0 Å². The van der Waals surface area contributed by atoms with Crippen molar-refractivity contribution in [3.05, 3.63) is 0 Å². The molecule has 4 heteroatoms. The molecule has 0 spiro atoms. The lowest BCUT2D eigenvalue weighted by Gasteiger charge is -2.27. The van der Waals surface area contributed by atoms with E-state index in [1.165, 1.54) is 25.7 Å². The topological polar surface area (TPSA) is 41.6 Å². The van der Waals surface area contributed by atoms with Gasteiger partial charge in [-0.25, -0.2) is 4.79 Å². The fourth-order valence-corrected chi connectivity index (χ4v) is 2.93. The molecule has 0 aromatic heterocycles. The van der Waals surface area contributed by atoms with Gasteiger partial charge in [0.25, 0.3) is 0 Å². The molecule has 4 nitrogen and oxygen atoms in total. The number of nitrogens with zero attached hydrogens (tertiary/aromatic N) is 1. The van der Waals surface area contributed by atoms with Gasteiger partial charge in [0.1, 0.15) is 5.60 Å². The van der Waals surface area contributed by atoms with Crippen LogP contribution in [-0.4, -0.2) is 42.3 Å². The minimum absolute atomic E-state index is 0.200. The Morgan fingerprint density at radius 2 is 1.95 bits per heavy atom. The second-order valence-corrected chi connectivity index (χ2v) is 7.20. The highest BCUT2D eigenvalue weighted by molar-refractivity contribution is 5.68. The molecule has 1 saturated carbocycles. The molecule has 1 unspecified atom stereocenters. The first kappa shape index (κ1) is 18.3. The molecule has 1 N–H and O–H groups in total. The molecule has 0 aliphatic heterocycles. The first-order valence-corrected chi connectivity index (χ1v) is 8.54. The molecule has 1 atom stereocenters. The van der Waals surface area contributed by atoms with Crippen LogP contribution >= 0.6 is 0 Å². The predicted octanol–water partition coefficient (Wildman–Crippen LogP) is 3.80. The van der Waals surface area contributed by atoms with Crippen LogP contribution in [0.15, 0.2) is 0 Å². The van der Waals surface area contributed by atoms with E-state index in [2.05, 4.69) is 12.2 Å². The number of carbonyl (C=O) groups is 1. The van der Waals surface area contributed by atoms with E-state index >= 15 is 0 Å². The Hall–Kier alpha value is -0.770. The van der Waals surface area contributed by atoms with Crippen molar-refractivity contribution in [3.63, 3.8) is 0 Å². The predicted molar refractivity (Wildman–Crippen MR) is 87.5 cm³/mol. The fraction of sp³-hybridized carbons (Fsp3) is 0.941. The zero-order valence-electron chi connectivity index (χ0n) is 14.6. The molecular weight excluding hydrogens is 264 g/mol. The summed E-state index contributed by atoms with van der Waals surface area (Å²) in [6, 6.07) is 0.601. The Labute approximate surface area is 130 Å². The van der Waals surface area contributed by atoms with Crippen LogP contribution in [-0.2, 0) is 4.74 Å². The second-order valence-electron chi connectivity index (χ2n) is 7.20. The SMILES string of the molecule is CCN(CCCNC(C)C1CCCC1)C(=O)OC(C)(C)C. The van der Waals surface area contributed by atoms with Gasteiger partial charge in [0.05, 0.1) is 0 Å². The van der Waals surface area contributed by atoms with Gasteiger partial charge >= 0.3 is 6.09 Å². The summed E-state index contributed by atoms with van der Waals surface area (Å²) in [4.78, 5) is 13.8. The molecule has 21 heavy (non-hydrogen) atoms. The van der Waals surface area contributed by atoms with Gasteiger partial charge in [-0.3, -0.25) is 0 Å². The van der Waals surface area contributed by atoms with Crippen LogP contribution in [0.4, 0.5) is 4.79 Å². The van der Waals surface area contributed by atoms with Gasteiger partial charge in [-0.05, 0) is 66.3 Å². The second kappa shape index (κ2) is 8.62. The Kier molecular flexibility index (Phi) is 7.50. The highest BCUT2D eigenvalue weighted by atomic mass is 16.6. The Bertz CT molecular complexity index is 306. The van der Waals surface area contributed by atoms with Crippen LogP contribution < -0.4 is 5.32 Å². The Morgan fingerprint density at radius 3 is 2.48 bits per heavy atom. The number of carbonyl (C=O) groups excluding carboxylic acids is 1. The third-order valence-corrected chi connectivity index (χ3v) is 4.21. The monoisotopic (exact) mass is 298 g/mol. The van der Waals surface area contributed by atoms with Crippen LogP contribution in [0.2, 0.25) is 0 Å². The summed E-state index contributed by atoms with van der Waals surface area (Å²) in [7, 11) is 0. The van der Waals surface area contributed by atoms with Crippen molar-refractivity contribution in [2.75, 3.05) is 19.6 Å². The van der Waals surface area contributed by atoms with Crippen molar-refractivity contribution in [2.24, 2.45) is 5.92 Å². The number of hydrogen-bond donors (Lipinski definition) is 1. The molecule has 1 amide bonds. The number of amides is 1. The maximum Gasteiger partial charge on any atom is 0.410 e. The summed E-state index contributed by atoms with van der Waals surface area (Å²) in [6.45, 7) is 12.4. The maximum absolute atomic E-state index is 12.0. The largest absolute Gasteiger partial charge is 0.444 e. The normalized spacial score (nSPS) is 17.8. The third-order valence-electron chi connectivity index (χ3n) is 4.21. The lowest BCUT2D eigenvalue weighted by Crippen LogP contribution is -2.39. The molecule has 0 aromatic carbocycles. The van der Waals surface area contributed by atoms with Crippen molar-refractivity contribution in [2.45, 2.75) is 78.4 Å². The van der Waals surface area contributed by atoms with Crippen molar-refractivity contribution in [3.8, 4) is 0 Å². The van der Waals surface area contributed by atoms with Gasteiger partial charge in [-0.2, -0.15) is 0 Å². The van der Waals surface area contributed by atoms with Crippen LogP contribution in [0.5, 0.6) is 0 Å². The van der Waals surface area contributed by atoms with E-state index in [9.17, 15) is 4.79 Å². The quantitative estimate of drug-likeness (QED) is 0.727. The molecule has 124 valence electrons. The number of rotatable bonds is 7. The van der Waals surface area contributed by atoms with E-state index in [1.54, 1.807) is 4.90 Å². The lowest BCUT2D eigenvalue weighted by molar-refractivity contribution is 0.0258. The summed E-state index contributed by atoms with van der Waals surface area (Å²) < 4.78 is 5.42. The summed E-state index contributed by atoms with van der Waals surface area (Å²) in [5.74, 6) is 0.845. The number of ether oxygens (including phenoxy) is 1. The lowest BCUT2D eigenvalue weighted by atomic mass is 10.00. The molecule has 1 fully saturated rings. The van der Waals surface area contributed by atoms with Gasteiger partial charge in [0.2, 0.25) is 0 Å². The van der Waals surface area contributed by atoms with Gasteiger partial charge in [-0.15, -0.1) is 0 Å². The molecule has 0 aromatic rings. The summed E-state index contributed by atoms with van der Waals surface area (Å²) in [5, 5.41) is 3.61. The fourth-order valence-electron chi connectivity index (χ4n) is 2.93. The molecule has 0 bridgehead atoms. The number of nitrogens with one attached hydrogen (secondary N) is 1. The van der Waals surface area contributed by atoms with Crippen molar-refractivity contribution >= 4 is 6.09 Å². The molecule has 1 rings (SSSR count). The first-order chi connectivity index (χ1) is 9.83. The molecule has 0 saturated heterocycles. The molecule has 0 heterocycles. The van der Waals surface area contributed by atoms with Crippen molar-refractivity contribution in [1.29, 1.82) is 0 Å². The minimum atomic E-state index is -0.417. The van der Waals surface area contributed by atoms with Crippen LogP contribution in [0.25, 0.3) is 0 Å². The van der Waals surface area contributed by atoms with Gasteiger partial charge in [0, 0.05) is 19.1 Å². The average molecular weight is 298 g/mol. The highest BCUT2D eigenvalue weighted by Gasteiger charge is 2.22. The minimum Gasteiger partial charge on any atom is -0.444 e. The maximum atomic E-state index is 12.0. The summed E-state index contributed by atoms with van der Waals surface area (Å²) >= 11 is 0. The first-order valence-electron chi connectivity index (χ1n) is 8.54. The summed E-state index contributed by atoms with van der Waals surface area (Å²) in [5.41, 5.74) is -0.417. The third kappa shape index (κ3) is 7.16. The van der Waals surface area contributed by atoms with E-state index in [4.69, 9.17) is 4.74 Å². The smallest absolute Gasteiger partial charge is 0.410 e. The van der Waals surface area contributed by atoms with Crippen LogP contribution in [0, 0.1) is 5.92 Å². The van der Waals surface area contributed by atoms with E-state index in [1.807, 2.05) is 27.7 Å². The summed E-state index contributed by atoms with van der Waals surface area (Å²) in [6.07, 6.45) is 6.29. The molecule has 1 aliphatic rings. The molecule has 0 radical (unpaired) electrons. The Morgan fingerprint density at radius 1 is 1.33 bits per heavy atom. The van der Waals surface area contributed by atoms with Crippen LogP contribution in [0.3, 0.4) is 0 Å². The van der Waals surface area contributed by atoms with Gasteiger partial charge in [-0.1, -0.05) is 12.8 Å². The van der Waals surface area contributed by atoms with E-state index in [-0.39, 0.29) is 6.09 Å². The van der Waals surface area contributed by atoms with E-state index in [0.717, 1.165) is 25.4 Å². The molecular formula is C17H34N2O2. The zero-order valence-corrected chi connectivity index (χ0v) is 14.6. The zero-order chi connectivity index (χ0) is 15.9. The number of hydrogen-bond acceptors (Lipinski definition) is 3. The van der Waals surface area contributed by atoms with Crippen molar-refractivity contribution in [1.82, 2.24) is 10.2 Å². The Balaban J connectivity index is 2.21. The molecule has 1 aliphatic carbocycles. The highest BCUT2D eigenvalue weighted by Crippen LogP contribution is 2.27.